The molecule has 1 aromatic carbocycles. The highest BCUT2D eigenvalue weighted by atomic mass is 19.2. The van der Waals surface area contributed by atoms with E-state index in [1.807, 2.05) is 0 Å². The zero-order valence-corrected chi connectivity index (χ0v) is 8.38. The van der Waals surface area contributed by atoms with Gasteiger partial charge in [0.1, 0.15) is 0 Å². The molecule has 0 saturated carbocycles. The van der Waals surface area contributed by atoms with Gasteiger partial charge in [0.15, 0.2) is 17.5 Å². The molecule has 0 unspecified atom stereocenters. The van der Waals surface area contributed by atoms with Crippen molar-refractivity contribution >= 4 is 11.7 Å². The molecule has 0 aliphatic rings. The van der Waals surface area contributed by atoms with Crippen molar-refractivity contribution in [1.82, 2.24) is 10.2 Å². The molecule has 17 heavy (non-hydrogen) atoms. The van der Waals surface area contributed by atoms with Crippen LogP contribution in [0, 0.1) is 17.5 Å². The quantitative estimate of drug-likeness (QED) is 0.803. The summed E-state index contributed by atoms with van der Waals surface area (Å²) in [6, 6.07) is 1.45. The summed E-state index contributed by atoms with van der Waals surface area (Å²) in [6.45, 7) is 0.0425. The Morgan fingerprint density at radius 2 is 1.82 bits per heavy atom. The molecule has 3 N–H and O–H groups in total. The van der Waals surface area contributed by atoms with E-state index in [0.717, 1.165) is 12.1 Å². The number of nitrogens with zero attached hydrogens (tertiary/aromatic N) is 2. The zero-order valence-electron chi connectivity index (χ0n) is 8.38. The molecule has 0 aliphatic heterocycles. The average Bonchev–Trinajstić information content (AvgIpc) is 2.73. The highest BCUT2D eigenvalue weighted by molar-refractivity contribution is 5.51. The van der Waals surface area contributed by atoms with Gasteiger partial charge in [-0.1, -0.05) is 5.10 Å². The number of rotatable bonds is 3. The van der Waals surface area contributed by atoms with E-state index in [2.05, 4.69) is 15.5 Å². The van der Waals surface area contributed by atoms with Crippen LogP contribution in [0.3, 0.4) is 0 Å². The largest absolute Gasteiger partial charge is 0.406 e. The number of anilines is 2. The molecular formula is C9H7F3N4O. The molecule has 2 aromatic rings. The fourth-order valence-electron chi connectivity index (χ4n) is 1.14. The van der Waals surface area contributed by atoms with Crippen molar-refractivity contribution < 1.29 is 17.6 Å². The Balaban J connectivity index is 2.24. The van der Waals surface area contributed by atoms with Gasteiger partial charge in [0.2, 0.25) is 5.89 Å². The highest BCUT2D eigenvalue weighted by Gasteiger charge is 2.12. The van der Waals surface area contributed by atoms with Crippen LogP contribution in [-0.4, -0.2) is 10.2 Å². The van der Waals surface area contributed by atoms with Crippen LogP contribution in [0.4, 0.5) is 24.9 Å². The van der Waals surface area contributed by atoms with Gasteiger partial charge in [-0.2, -0.15) is 0 Å². The van der Waals surface area contributed by atoms with E-state index in [0.29, 0.717) is 0 Å². The molecule has 0 atom stereocenters. The molecule has 2 rings (SSSR count). The Morgan fingerprint density at radius 3 is 2.35 bits per heavy atom. The van der Waals surface area contributed by atoms with Gasteiger partial charge < -0.3 is 15.5 Å². The maximum Gasteiger partial charge on any atom is 0.320 e. The first-order valence-electron chi connectivity index (χ1n) is 4.54. The number of aromatic nitrogens is 2. The molecule has 0 amide bonds. The first-order valence-corrected chi connectivity index (χ1v) is 4.54. The van der Waals surface area contributed by atoms with Gasteiger partial charge in [-0.3, -0.25) is 0 Å². The molecule has 0 saturated heterocycles. The van der Waals surface area contributed by atoms with Crippen LogP contribution in [0.25, 0.3) is 0 Å². The number of benzene rings is 1. The average molecular weight is 244 g/mol. The molecule has 8 heteroatoms. The zero-order chi connectivity index (χ0) is 12.4. The van der Waals surface area contributed by atoms with Gasteiger partial charge in [-0.15, -0.1) is 5.10 Å². The number of hydrogen-bond donors (Lipinski definition) is 2. The molecule has 0 bridgehead atoms. The summed E-state index contributed by atoms with van der Waals surface area (Å²) < 4.78 is 43.4. The van der Waals surface area contributed by atoms with Gasteiger partial charge >= 0.3 is 6.01 Å². The van der Waals surface area contributed by atoms with E-state index in [4.69, 9.17) is 10.2 Å². The van der Waals surface area contributed by atoms with E-state index in [-0.39, 0.29) is 24.1 Å². The van der Waals surface area contributed by atoms with Crippen LogP contribution in [0.2, 0.25) is 0 Å². The summed E-state index contributed by atoms with van der Waals surface area (Å²) in [5.41, 5.74) is 5.18. The Kier molecular flexibility index (Phi) is 2.96. The molecule has 90 valence electrons. The van der Waals surface area contributed by atoms with Crippen LogP contribution >= 0.6 is 0 Å². The second-order valence-corrected chi connectivity index (χ2v) is 3.08. The standard InChI is InChI=1S/C9H7F3N4O/c10-5-1-4(2-6(11)8(5)12)14-9-16-15-7(3-13)17-9/h1-2H,3,13H2,(H,14,16). The Hall–Kier alpha value is -2.09. The summed E-state index contributed by atoms with van der Waals surface area (Å²) >= 11 is 0. The first-order chi connectivity index (χ1) is 8.10. The monoisotopic (exact) mass is 244 g/mol. The minimum absolute atomic E-state index is 0.0425. The number of nitrogens with two attached hydrogens (primary N) is 1. The maximum atomic E-state index is 12.9. The molecule has 0 radical (unpaired) electrons. The molecule has 1 aromatic heterocycles. The normalized spacial score (nSPS) is 10.6. The fourth-order valence-corrected chi connectivity index (χ4v) is 1.14. The molecule has 1 heterocycles. The highest BCUT2D eigenvalue weighted by Crippen LogP contribution is 2.20. The third-order valence-electron chi connectivity index (χ3n) is 1.88. The van der Waals surface area contributed by atoms with Crippen molar-refractivity contribution in [3.63, 3.8) is 0 Å². The van der Waals surface area contributed by atoms with E-state index in [1.54, 1.807) is 0 Å². The third-order valence-corrected chi connectivity index (χ3v) is 1.88. The summed E-state index contributed by atoms with van der Waals surface area (Å²) in [5.74, 6) is -4.00. The van der Waals surface area contributed by atoms with Crippen LogP contribution in [-0.2, 0) is 6.54 Å². The van der Waals surface area contributed by atoms with E-state index in [9.17, 15) is 13.2 Å². The van der Waals surface area contributed by atoms with Gasteiger partial charge in [0.05, 0.1) is 6.54 Å². The Labute approximate surface area is 93.4 Å². The van der Waals surface area contributed by atoms with E-state index < -0.39 is 17.5 Å². The summed E-state index contributed by atoms with van der Waals surface area (Å²) in [5, 5.41) is 9.47. The van der Waals surface area contributed by atoms with Crippen molar-refractivity contribution in [2.75, 3.05) is 5.32 Å². The molecule has 0 aliphatic carbocycles. The minimum Gasteiger partial charge on any atom is -0.406 e. The van der Waals surface area contributed by atoms with Crippen molar-refractivity contribution in [2.45, 2.75) is 6.54 Å². The van der Waals surface area contributed by atoms with Gasteiger partial charge in [-0.05, 0) is 0 Å². The van der Waals surface area contributed by atoms with E-state index in [1.165, 1.54) is 0 Å². The Bertz CT molecular complexity index is 520. The summed E-state index contributed by atoms with van der Waals surface area (Å²) in [7, 11) is 0. The van der Waals surface area contributed by atoms with Crippen molar-refractivity contribution in [3.05, 3.63) is 35.5 Å². The SMILES string of the molecule is NCc1nnc(Nc2cc(F)c(F)c(F)c2)o1. The predicted octanol–water partition coefficient (Wildman–Crippen LogP) is 1.69. The molecule has 5 nitrogen and oxygen atoms in total. The smallest absolute Gasteiger partial charge is 0.320 e. The lowest BCUT2D eigenvalue weighted by atomic mass is 10.3. The Morgan fingerprint density at radius 1 is 1.18 bits per heavy atom. The fraction of sp³-hybridized carbons (Fsp3) is 0.111. The number of hydrogen-bond acceptors (Lipinski definition) is 5. The van der Waals surface area contributed by atoms with Gasteiger partial charge in [0, 0.05) is 17.8 Å². The summed E-state index contributed by atoms with van der Waals surface area (Å²) in [6.07, 6.45) is 0. The van der Waals surface area contributed by atoms with Crippen LogP contribution in [0.15, 0.2) is 16.5 Å². The summed E-state index contributed by atoms with van der Waals surface area (Å²) in [4.78, 5) is 0. The lowest BCUT2D eigenvalue weighted by Gasteiger charge is -2.02. The van der Waals surface area contributed by atoms with E-state index >= 15 is 0 Å². The number of halogens is 3. The first kappa shape index (κ1) is 11.4. The minimum atomic E-state index is -1.54. The van der Waals surface area contributed by atoms with Gasteiger partial charge in [-0.25, -0.2) is 13.2 Å². The predicted molar refractivity (Wildman–Crippen MR) is 51.8 cm³/mol. The van der Waals surface area contributed by atoms with Crippen LogP contribution < -0.4 is 11.1 Å². The maximum absolute atomic E-state index is 12.9. The lowest BCUT2D eigenvalue weighted by Crippen LogP contribution is -1.96. The second-order valence-electron chi connectivity index (χ2n) is 3.08. The topological polar surface area (TPSA) is 77.0 Å². The molecular weight excluding hydrogens is 237 g/mol. The second kappa shape index (κ2) is 4.42. The lowest BCUT2D eigenvalue weighted by molar-refractivity contribution is 0.447. The van der Waals surface area contributed by atoms with Crippen molar-refractivity contribution in [1.29, 1.82) is 0 Å². The van der Waals surface area contributed by atoms with Crippen LogP contribution in [0.1, 0.15) is 5.89 Å². The van der Waals surface area contributed by atoms with Crippen molar-refractivity contribution in [3.8, 4) is 0 Å². The molecule has 0 spiro atoms. The third kappa shape index (κ3) is 2.36. The number of nitrogens with one attached hydrogen (secondary N) is 1. The van der Waals surface area contributed by atoms with Crippen LogP contribution in [0.5, 0.6) is 0 Å². The van der Waals surface area contributed by atoms with Crippen molar-refractivity contribution in [2.24, 2.45) is 5.73 Å². The molecule has 0 fully saturated rings. The van der Waals surface area contributed by atoms with Gasteiger partial charge in [0.25, 0.3) is 0 Å².